The molecule has 0 aliphatic heterocycles. The largest absolute Gasteiger partial charge is 0.436 e. The number of pyridine rings is 3. The lowest BCUT2D eigenvalue weighted by atomic mass is 9.91. The Hall–Kier alpha value is -5.42. The van der Waals surface area contributed by atoms with Gasteiger partial charge in [-0.1, -0.05) is 42.5 Å². The Kier molecular flexibility index (Phi) is 5.72. The van der Waals surface area contributed by atoms with Crippen LogP contribution in [0.15, 0.2) is 139 Å². The average Bonchev–Trinajstić information content (AvgIpc) is 3.46. The molecule has 0 bridgehead atoms. The highest BCUT2D eigenvalue weighted by Crippen LogP contribution is 2.38. The van der Waals surface area contributed by atoms with E-state index in [-0.39, 0.29) is 0 Å². The molecule has 0 saturated heterocycles. The van der Waals surface area contributed by atoms with Crippen LogP contribution in [0.2, 0.25) is 0 Å². The molecule has 0 aliphatic rings. The summed E-state index contributed by atoms with van der Waals surface area (Å²) >= 11 is 0. The Bertz CT molecular complexity index is 1810. The zero-order chi connectivity index (χ0) is 26.0. The summed E-state index contributed by atoms with van der Waals surface area (Å²) in [5.74, 6) is 0.577. The zero-order valence-corrected chi connectivity index (χ0v) is 20.9. The molecule has 7 rings (SSSR count). The van der Waals surface area contributed by atoms with Crippen LogP contribution in [0.3, 0.4) is 0 Å². The third kappa shape index (κ3) is 4.47. The van der Waals surface area contributed by atoms with Crippen molar-refractivity contribution in [1.29, 1.82) is 0 Å². The van der Waals surface area contributed by atoms with Crippen molar-refractivity contribution in [3.05, 3.63) is 134 Å². The fourth-order valence-corrected chi connectivity index (χ4v) is 4.86. The van der Waals surface area contributed by atoms with Crippen molar-refractivity contribution in [2.24, 2.45) is 0 Å². The van der Waals surface area contributed by atoms with E-state index in [0.717, 1.165) is 61.2 Å². The molecule has 39 heavy (non-hydrogen) atoms. The summed E-state index contributed by atoms with van der Waals surface area (Å²) in [5.41, 5.74) is 10.9. The Labute approximate surface area is 225 Å². The Morgan fingerprint density at radius 1 is 0.436 bits per heavy atom. The minimum Gasteiger partial charge on any atom is -0.436 e. The van der Waals surface area contributed by atoms with Crippen molar-refractivity contribution in [1.82, 2.24) is 19.9 Å². The third-order valence-corrected chi connectivity index (χ3v) is 6.77. The maximum absolute atomic E-state index is 6.25. The molecular weight excluding hydrogens is 480 g/mol. The van der Waals surface area contributed by atoms with Gasteiger partial charge in [-0.2, -0.15) is 0 Å². The van der Waals surface area contributed by atoms with Crippen LogP contribution in [-0.4, -0.2) is 19.9 Å². The molecule has 0 spiro atoms. The minimum absolute atomic E-state index is 0.577. The van der Waals surface area contributed by atoms with Crippen LogP contribution in [-0.2, 0) is 0 Å². The normalized spacial score (nSPS) is 11.1. The summed E-state index contributed by atoms with van der Waals surface area (Å²) in [6, 6.07) is 32.9. The van der Waals surface area contributed by atoms with Gasteiger partial charge in [0.05, 0.1) is 0 Å². The first-order valence-electron chi connectivity index (χ1n) is 12.7. The SMILES string of the molecule is c1cncc(-c2cc(-c3cccnc3)cc(-c3ccc(-c4cccnc4)c(-c4nc5ccccc5o4)c3)c2)c1. The summed E-state index contributed by atoms with van der Waals surface area (Å²) in [6.07, 6.45) is 11.0. The van der Waals surface area contributed by atoms with Crippen molar-refractivity contribution in [2.45, 2.75) is 0 Å². The molecular formula is C34H22N4O. The summed E-state index contributed by atoms with van der Waals surface area (Å²) in [7, 11) is 0. The minimum atomic E-state index is 0.577. The number of nitrogens with zero attached hydrogens (tertiary/aromatic N) is 4. The summed E-state index contributed by atoms with van der Waals surface area (Å²) in [6.45, 7) is 0. The molecule has 0 unspecified atom stereocenters. The quantitative estimate of drug-likeness (QED) is 0.237. The zero-order valence-electron chi connectivity index (χ0n) is 20.9. The predicted molar refractivity (Wildman–Crippen MR) is 155 cm³/mol. The monoisotopic (exact) mass is 502 g/mol. The molecule has 5 heteroatoms. The van der Waals surface area contributed by atoms with Crippen LogP contribution < -0.4 is 0 Å². The summed E-state index contributed by atoms with van der Waals surface area (Å²) in [5, 5.41) is 0. The van der Waals surface area contributed by atoms with E-state index in [4.69, 9.17) is 9.40 Å². The highest BCUT2D eigenvalue weighted by Gasteiger charge is 2.16. The Balaban J connectivity index is 1.44. The van der Waals surface area contributed by atoms with Crippen LogP contribution in [0.4, 0.5) is 0 Å². The second kappa shape index (κ2) is 9.80. The summed E-state index contributed by atoms with van der Waals surface area (Å²) < 4.78 is 6.25. The van der Waals surface area contributed by atoms with Crippen molar-refractivity contribution in [3.63, 3.8) is 0 Å². The van der Waals surface area contributed by atoms with Crippen molar-refractivity contribution < 1.29 is 4.42 Å². The van der Waals surface area contributed by atoms with E-state index in [0.29, 0.717) is 5.89 Å². The number of hydrogen-bond donors (Lipinski definition) is 0. The van der Waals surface area contributed by atoms with E-state index < -0.39 is 0 Å². The van der Waals surface area contributed by atoms with E-state index in [1.54, 1.807) is 18.6 Å². The molecule has 7 aromatic rings. The maximum Gasteiger partial charge on any atom is 0.227 e. The van der Waals surface area contributed by atoms with Gasteiger partial charge in [0, 0.05) is 59.4 Å². The van der Waals surface area contributed by atoms with Crippen molar-refractivity contribution >= 4 is 11.1 Å². The molecule has 0 N–H and O–H groups in total. The molecule has 0 aliphatic carbocycles. The van der Waals surface area contributed by atoms with Gasteiger partial charge in [-0.05, 0) is 82.4 Å². The smallest absolute Gasteiger partial charge is 0.227 e. The van der Waals surface area contributed by atoms with Crippen LogP contribution >= 0.6 is 0 Å². The fourth-order valence-electron chi connectivity index (χ4n) is 4.86. The topological polar surface area (TPSA) is 64.7 Å². The highest BCUT2D eigenvalue weighted by atomic mass is 16.3. The van der Waals surface area contributed by atoms with Crippen LogP contribution in [0.1, 0.15) is 0 Å². The fraction of sp³-hybridized carbons (Fsp3) is 0. The number of aromatic nitrogens is 4. The average molecular weight is 503 g/mol. The number of oxazole rings is 1. The first-order chi connectivity index (χ1) is 19.3. The standard InChI is InChI=1S/C34H22N4O/c1-2-10-33-32(9-1)38-34(39-33)31-19-23(11-12-30(31)26-8-5-15-37-22-26)27-16-28(24-6-3-13-35-20-24)18-29(17-27)25-7-4-14-36-21-25/h1-22H. The second-order valence-electron chi connectivity index (χ2n) is 9.27. The lowest BCUT2D eigenvalue weighted by Gasteiger charge is -2.13. The first-order valence-corrected chi connectivity index (χ1v) is 12.7. The third-order valence-electron chi connectivity index (χ3n) is 6.77. The van der Waals surface area contributed by atoms with E-state index >= 15 is 0 Å². The van der Waals surface area contributed by atoms with Crippen molar-refractivity contribution in [3.8, 4) is 56.0 Å². The Morgan fingerprint density at radius 3 is 1.62 bits per heavy atom. The predicted octanol–water partition coefficient (Wildman–Crippen LogP) is 8.35. The molecule has 0 amide bonds. The molecule has 3 aromatic carbocycles. The molecule has 0 radical (unpaired) electrons. The molecule has 0 atom stereocenters. The van der Waals surface area contributed by atoms with Gasteiger partial charge in [0.15, 0.2) is 5.58 Å². The van der Waals surface area contributed by atoms with E-state index in [9.17, 15) is 0 Å². The van der Waals surface area contributed by atoms with Gasteiger partial charge in [0.25, 0.3) is 0 Å². The highest BCUT2D eigenvalue weighted by molar-refractivity contribution is 5.88. The van der Waals surface area contributed by atoms with Gasteiger partial charge < -0.3 is 4.42 Å². The van der Waals surface area contributed by atoms with E-state index in [1.165, 1.54) is 0 Å². The Morgan fingerprint density at radius 2 is 1.03 bits per heavy atom. The number of fused-ring (bicyclic) bond motifs is 1. The van der Waals surface area contributed by atoms with Crippen LogP contribution in [0.5, 0.6) is 0 Å². The van der Waals surface area contributed by atoms with Gasteiger partial charge in [0.2, 0.25) is 5.89 Å². The maximum atomic E-state index is 6.25. The molecule has 0 fully saturated rings. The second-order valence-corrected chi connectivity index (χ2v) is 9.27. The van der Waals surface area contributed by atoms with Gasteiger partial charge in [-0.3, -0.25) is 15.0 Å². The number of para-hydroxylation sites is 2. The van der Waals surface area contributed by atoms with Gasteiger partial charge in [0.1, 0.15) is 5.52 Å². The molecule has 0 saturated carbocycles. The van der Waals surface area contributed by atoms with Crippen LogP contribution in [0, 0.1) is 0 Å². The van der Waals surface area contributed by atoms with Crippen molar-refractivity contribution in [2.75, 3.05) is 0 Å². The van der Waals surface area contributed by atoms with E-state index in [1.807, 2.05) is 61.1 Å². The molecule has 184 valence electrons. The first kappa shape index (κ1) is 22.8. The molecule has 4 heterocycles. The van der Waals surface area contributed by atoms with Gasteiger partial charge in [-0.15, -0.1) is 0 Å². The van der Waals surface area contributed by atoms with Gasteiger partial charge >= 0.3 is 0 Å². The molecule has 5 nitrogen and oxygen atoms in total. The summed E-state index contributed by atoms with van der Waals surface area (Å²) in [4.78, 5) is 17.9. The van der Waals surface area contributed by atoms with Crippen LogP contribution in [0.25, 0.3) is 67.1 Å². The lowest BCUT2D eigenvalue weighted by Crippen LogP contribution is -1.90. The van der Waals surface area contributed by atoms with E-state index in [2.05, 4.69) is 69.5 Å². The number of benzene rings is 3. The van der Waals surface area contributed by atoms with Gasteiger partial charge in [-0.25, -0.2) is 4.98 Å². The number of rotatable bonds is 5. The lowest BCUT2D eigenvalue weighted by molar-refractivity contribution is 0.620. The molecule has 4 aromatic heterocycles. The number of hydrogen-bond acceptors (Lipinski definition) is 5.